The quantitative estimate of drug-likeness (QED) is 0.442. The van der Waals surface area contributed by atoms with Crippen molar-refractivity contribution in [3.8, 4) is 0 Å². The number of ether oxygens (including phenoxy) is 1. The zero-order valence-electron chi connectivity index (χ0n) is 6.59. The molecule has 0 aromatic heterocycles. The predicted molar refractivity (Wildman–Crippen MR) is 40.7 cm³/mol. The highest BCUT2D eigenvalue weighted by Gasteiger charge is 2.04. The first-order valence-corrected chi connectivity index (χ1v) is 3.50. The van der Waals surface area contributed by atoms with Crippen molar-refractivity contribution in [3.63, 3.8) is 0 Å². The van der Waals surface area contributed by atoms with Gasteiger partial charge in [-0.3, -0.25) is 4.79 Å². The van der Waals surface area contributed by atoms with E-state index in [-0.39, 0.29) is 12.1 Å². The first kappa shape index (κ1) is 9.21. The highest BCUT2D eigenvalue weighted by Crippen LogP contribution is 2.02. The van der Waals surface area contributed by atoms with Crippen molar-refractivity contribution in [3.05, 3.63) is 12.7 Å². The molecule has 1 atom stereocenters. The molecule has 0 aliphatic rings. The Labute approximate surface area is 61.9 Å². The largest absolute Gasteiger partial charge is 0.458 e. The first-order valence-electron chi connectivity index (χ1n) is 3.50. The number of carbonyl (C=O) groups excluding carboxylic acids is 1. The normalized spacial score (nSPS) is 12.2. The van der Waals surface area contributed by atoms with Gasteiger partial charge < -0.3 is 4.74 Å². The average molecular weight is 142 g/mol. The second-order valence-electron chi connectivity index (χ2n) is 2.17. The first-order chi connectivity index (χ1) is 4.70. The molecule has 0 rings (SSSR count). The molecule has 2 heteroatoms. The summed E-state index contributed by atoms with van der Waals surface area (Å²) in [5.41, 5.74) is 0. The van der Waals surface area contributed by atoms with Gasteiger partial charge in [0.05, 0.1) is 0 Å². The Morgan fingerprint density at radius 3 is 2.70 bits per heavy atom. The van der Waals surface area contributed by atoms with Gasteiger partial charge in [0.15, 0.2) is 0 Å². The molecule has 0 saturated heterocycles. The van der Waals surface area contributed by atoms with Gasteiger partial charge in [-0.1, -0.05) is 26.0 Å². The summed E-state index contributed by atoms with van der Waals surface area (Å²) < 4.78 is 4.88. The van der Waals surface area contributed by atoms with Crippen molar-refractivity contribution in [1.82, 2.24) is 0 Å². The van der Waals surface area contributed by atoms with Gasteiger partial charge in [0.1, 0.15) is 6.10 Å². The summed E-state index contributed by atoms with van der Waals surface area (Å²) in [6.45, 7) is 7.01. The maximum absolute atomic E-state index is 10.4. The maximum Gasteiger partial charge on any atom is 0.303 e. The fourth-order valence-electron chi connectivity index (χ4n) is 0.723. The second-order valence-corrected chi connectivity index (χ2v) is 2.17. The van der Waals surface area contributed by atoms with Crippen LogP contribution in [0.15, 0.2) is 12.7 Å². The van der Waals surface area contributed by atoms with Gasteiger partial charge in [0.25, 0.3) is 0 Å². The molecule has 0 radical (unpaired) electrons. The molecule has 0 bridgehead atoms. The van der Waals surface area contributed by atoms with Gasteiger partial charge in [-0.2, -0.15) is 0 Å². The third kappa shape index (κ3) is 4.13. The number of rotatable bonds is 4. The highest BCUT2D eigenvalue weighted by molar-refractivity contribution is 5.66. The fourth-order valence-corrected chi connectivity index (χ4v) is 0.723. The van der Waals surface area contributed by atoms with Crippen LogP contribution in [0.4, 0.5) is 0 Å². The van der Waals surface area contributed by atoms with Crippen LogP contribution in [0.25, 0.3) is 0 Å². The van der Waals surface area contributed by atoms with Crippen molar-refractivity contribution in [1.29, 1.82) is 0 Å². The van der Waals surface area contributed by atoms with E-state index in [1.54, 1.807) is 6.08 Å². The number of esters is 1. The van der Waals surface area contributed by atoms with Gasteiger partial charge in [-0.25, -0.2) is 0 Å². The number of hydrogen-bond acceptors (Lipinski definition) is 2. The lowest BCUT2D eigenvalue weighted by molar-refractivity contribution is -0.144. The fraction of sp³-hybridized carbons (Fsp3) is 0.625. The summed E-state index contributed by atoms with van der Waals surface area (Å²) in [6.07, 6.45) is 3.43. The molecule has 0 aromatic carbocycles. The summed E-state index contributed by atoms with van der Waals surface area (Å²) in [7, 11) is 0. The van der Waals surface area contributed by atoms with E-state index in [1.165, 1.54) is 6.92 Å². The highest BCUT2D eigenvalue weighted by atomic mass is 16.5. The summed E-state index contributed by atoms with van der Waals surface area (Å²) in [6, 6.07) is 0. The zero-order chi connectivity index (χ0) is 7.98. The average Bonchev–Trinajstić information content (AvgIpc) is 1.86. The lowest BCUT2D eigenvalue weighted by atomic mass is 10.2. The van der Waals surface area contributed by atoms with Crippen LogP contribution in [0.5, 0.6) is 0 Å². The molecule has 10 heavy (non-hydrogen) atoms. The van der Waals surface area contributed by atoms with Gasteiger partial charge in [-0.15, -0.1) is 0 Å². The van der Waals surface area contributed by atoms with Crippen LogP contribution in [-0.4, -0.2) is 12.1 Å². The Morgan fingerprint density at radius 2 is 2.40 bits per heavy atom. The van der Waals surface area contributed by atoms with E-state index in [1.807, 2.05) is 6.92 Å². The van der Waals surface area contributed by atoms with Crippen molar-refractivity contribution in [2.24, 2.45) is 0 Å². The molecular formula is C8H14O2. The second kappa shape index (κ2) is 5.03. The Balaban J connectivity index is 3.59. The molecule has 0 aromatic rings. The Morgan fingerprint density at radius 1 is 1.80 bits per heavy atom. The van der Waals surface area contributed by atoms with Crippen molar-refractivity contribution < 1.29 is 9.53 Å². The van der Waals surface area contributed by atoms with Crippen LogP contribution in [0.2, 0.25) is 0 Å². The van der Waals surface area contributed by atoms with Crippen LogP contribution < -0.4 is 0 Å². The van der Waals surface area contributed by atoms with E-state index in [0.29, 0.717) is 0 Å². The van der Waals surface area contributed by atoms with Crippen LogP contribution in [0.3, 0.4) is 0 Å². The lowest BCUT2D eigenvalue weighted by Gasteiger charge is -2.10. The smallest absolute Gasteiger partial charge is 0.303 e. The third-order valence-electron chi connectivity index (χ3n) is 1.15. The Kier molecular flexibility index (Phi) is 4.63. The van der Waals surface area contributed by atoms with Gasteiger partial charge in [-0.05, 0) is 6.42 Å². The molecule has 2 nitrogen and oxygen atoms in total. The number of carbonyl (C=O) groups is 1. The van der Waals surface area contributed by atoms with Gasteiger partial charge >= 0.3 is 5.97 Å². The minimum atomic E-state index is -0.238. The zero-order valence-corrected chi connectivity index (χ0v) is 6.59. The summed E-state index contributed by atoms with van der Waals surface area (Å²) >= 11 is 0. The predicted octanol–water partition coefficient (Wildman–Crippen LogP) is 1.90. The van der Waals surface area contributed by atoms with E-state index >= 15 is 0 Å². The molecule has 0 aliphatic carbocycles. The van der Waals surface area contributed by atoms with E-state index in [0.717, 1.165) is 12.8 Å². The monoisotopic (exact) mass is 142 g/mol. The molecule has 0 fully saturated rings. The maximum atomic E-state index is 10.4. The molecular weight excluding hydrogens is 128 g/mol. The molecule has 0 aliphatic heterocycles. The molecule has 0 saturated carbocycles. The molecule has 58 valence electrons. The molecule has 0 spiro atoms. The van der Waals surface area contributed by atoms with Crippen molar-refractivity contribution in [2.75, 3.05) is 0 Å². The van der Waals surface area contributed by atoms with Crippen LogP contribution in [-0.2, 0) is 9.53 Å². The van der Waals surface area contributed by atoms with Gasteiger partial charge in [0, 0.05) is 6.92 Å². The standard InChI is InChI=1S/C8H14O2/c1-4-6-8(5-2)10-7(3)9/h5,8H,2,4,6H2,1,3H3. The minimum absolute atomic E-state index is 0.0949. The summed E-state index contributed by atoms with van der Waals surface area (Å²) in [5.74, 6) is -0.238. The van der Waals surface area contributed by atoms with Crippen LogP contribution in [0, 0.1) is 0 Å². The van der Waals surface area contributed by atoms with E-state index < -0.39 is 0 Å². The SMILES string of the molecule is C=CC(CCC)OC(C)=O. The Hall–Kier alpha value is -0.790. The third-order valence-corrected chi connectivity index (χ3v) is 1.15. The van der Waals surface area contributed by atoms with E-state index in [4.69, 9.17) is 4.74 Å². The lowest BCUT2D eigenvalue weighted by Crippen LogP contribution is -2.12. The topological polar surface area (TPSA) is 26.3 Å². The number of hydrogen-bond donors (Lipinski definition) is 0. The molecule has 0 N–H and O–H groups in total. The van der Waals surface area contributed by atoms with Crippen LogP contribution in [0.1, 0.15) is 26.7 Å². The van der Waals surface area contributed by atoms with E-state index in [2.05, 4.69) is 6.58 Å². The molecule has 0 amide bonds. The van der Waals surface area contributed by atoms with E-state index in [9.17, 15) is 4.79 Å². The van der Waals surface area contributed by atoms with Crippen molar-refractivity contribution in [2.45, 2.75) is 32.8 Å². The van der Waals surface area contributed by atoms with Crippen LogP contribution >= 0.6 is 0 Å². The molecule has 0 heterocycles. The minimum Gasteiger partial charge on any atom is -0.458 e. The Bertz CT molecular complexity index is 118. The molecule has 1 unspecified atom stereocenters. The van der Waals surface area contributed by atoms with Crippen molar-refractivity contribution >= 4 is 5.97 Å². The summed E-state index contributed by atoms with van der Waals surface area (Å²) in [4.78, 5) is 10.4. The van der Waals surface area contributed by atoms with Gasteiger partial charge in [0.2, 0.25) is 0 Å². The summed E-state index contributed by atoms with van der Waals surface area (Å²) in [5, 5.41) is 0.